The number of hydrogen-bond donors (Lipinski definition) is 1. The predicted molar refractivity (Wildman–Crippen MR) is 65.1 cm³/mol. The Kier molecular flexibility index (Phi) is 3.52. The van der Waals surface area contributed by atoms with E-state index in [-0.39, 0.29) is 11.9 Å². The van der Waals surface area contributed by atoms with Crippen LogP contribution in [0.5, 0.6) is 0 Å². The number of halogens is 1. The van der Waals surface area contributed by atoms with Crippen molar-refractivity contribution in [2.45, 2.75) is 12.5 Å². The number of aromatic nitrogens is 2. The summed E-state index contributed by atoms with van der Waals surface area (Å²) in [5, 5.41) is 7.09. The number of hydrogen-bond acceptors (Lipinski definition) is 5. The summed E-state index contributed by atoms with van der Waals surface area (Å²) in [4.78, 5) is 4.26. The Hall–Kier alpha value is -1.79. The number of nitrogens with zero attached hydrogens (tertiary/aromatic N) is 2. The fraction of sp³-hybridized carbons (Fsp3) is 0.385. The first-order valence-corrected chi connectivity index (χ1v) is 6.21. The van der Waals surface area contributed by atoms with Gasteiger partial charge in [-0.3, -0.25) is 0 Å². The first kappa shape index (κ1) is 12.3. The molecule has 1 N–H and O–H groups in total. The highest BCUT2D eigenvalue weighted by Crippen LogP contribution is 2.17. The van der Waals surface area contributed by atoms with Gasteiger partial charge in [0.1, 0.15) is 11.9 Å². The third kappa shape index (κ3) is 2.80. The zero-order chi connectivity index (χ0) is 13.1. The van der Waals surface area contributed by atoms with Crippen LogP contribution in [-0.4, -0.2) is 29.8 Å². The zero-order valence-corrected chi connectivity index (χ0v) is 10.3. The summed E-state index contributed by atoms with van der Waals surface area (Å²) in [7, 11) is 0. The molecular weight excluding hydrogens is 249 g/mol. The first-order valence-electron chi connectivity index (χ1n) is 6.21. The Morgan fingerprint density at radius 1 is 1.37 bits per heavy atom. The lowest BCUT2D eigenvalue weighted by atomic mass is 10.1. The van der Waals surface area contributed by atoms with E-state index in [0.717, 1.165) is 6.54 Å². The molecule has 0 aliphatic carbocycles. The van der Waals surface area contributed by atoms with Gasteiger partial charge < -0.3 is 14.6 Å². The van der Waals surface area contributed by atoms with E-state index in [0.29, 0.717) is 36.9 Å². The van der Waals surface area contributed by atoms with E-state index >= 15 is 0 Å². The highest BCUT2D eigenvalue weighted by molar-refractivity contribution is 5.20. The molecule has 19 heavy (non-hydrogen) atoms. The van der Waals surface area contributed by atoms with Crippen LogP contribution in [0.4, 0.5) is 4.39 Å². The molecule has 0 radical (unpaired) electrons. The van der Waals surface area contributed by atoms with Crippen molar-refractivity contribution in [2.24, 2.45) is 0 Å². The third-order valence-corrected chi connectivity index (χ3v) is 3.00. The van der Waals surface area contributed by atoms with E-state index in [1.165, 1.54) is 6.07 Å². The zero-order valence-electron chi connectivity index (χ0n) is 10.3. The van der Waals surface area contributed by atoms with Crippen molar-refractivity contribution >= 4 is 0 Å². The molecule has 0 bridgehead atoms. The first-order chi connectivity index (χ1) is 9.33. The maximum Gasteiger partial charge on any atom is 0.231 e. The van der Waals surface area contributed by atoms with Crippen LogP contribution >= 0.6 is 0 Å². The van der Waals surface area contributed by atoms with Gasteiger partial charge in [-0.1, -0.05) is 23.4 Å². The lowest BCUT2D eigenvalue weighted by Gasteiger charge is -2.20. The molecule has 5 nitrogen and oxygen atoms in total. The summed E-state index contributed by atoms with van der Waals surface area (Å²) in [6, 6.07) is 6.56. The van der Waals surface area contributed by atoms with E-state index < -0.39 is 0 Å². The molecule has 6 heteroatoms. The summed E-state index contributed by atoms with van der Waals surface area (Å²) in [6.07, 6.45) is 0.103. The minimum atomic E-state index is -0.266. The third-order valence-electron chi connectivity index (χ3n) is 3.00. The second kappa shape index (κ2) is 5.46. The fourth-order valence-electron chi connectivity index (χ4n) is 2.01. The van der Waals surface area contributed by atoms with Crippen molar-refractivity contribution < 1.29 is 13.7 Å². The smallest absolute Gasteiger partial charge is 0.231 e. The second-order valence-electron chi connectivity index (χ2n) is 4.38. The Bertz CT molecular complexity index is 552. The molecule has 1 atom stereocenters. The molecule has 1 aliphatic rings. The Morgan fingerprint density at radius 3 is 3.05 bits per heavy atom. The number of ether oxygens (including phenoxy) is 1. The molecule has 0 saturated carbocycles. The lowest BCUT2D eigenvalue weighted by molar-refractivity contribution is 0.0208. The molecule has 1 unspecified atom stereocenters. The molecular formula is C13H14FN3O2. The SMILES string of the molecule is Fc1ccccc1Cc1nc(C2CNCCO2)no1. The number of rotatable bonds is 3. The summed E-state index contributed by atoms with van der Waals surface area (Å²) in [6.45, 7) is 2.12. The Morgan fingerprint density at radius 2 is 2.26 bits per heavy atom. The van der Waals surface area contributed by atoms with Crippen LogP contribution in [0.2, 0.25) is 0 Å². The van der Waals surface area contributed by atoms with Crippen molar-refractivity contribution in [1.82, 2.24) is 15.5 Å². The Labute approximate surface area is 109 Å². The van der Waals surface area contributed by atoms with Crippen LogP contribution in [-0.2, 0) is 11.2 Å². The number of morpholine rings is 1. The minimum Gasteiger partial charge on any atom is -0.367 e. The molecule has 1 aromatic carbocycles. The predicted octanol–water partition coefficient (Wildman–Crippen LogP) is 1.46. The van der Waals surface area contributed by atoms with Gasteiger partial charge in [0, 0.05) is 13.1 Å². The quantitative estimate of drug-likeness (QED) is 0.908. The van der Waals surface area contributed by atoms with Crippen molar-refractivity contribution in [3.63, 3.8) is 0 Å². The van der Waals surface area contributed by atoms with E-state index in [2.05, 4.69) is 15.5 Å². The van der Waals surface area contributed by atoms with Crippen molar-refractivity contribution in [2.75, 3.05) is 19.7 Å². The van der Waals surface area contributed by atoms with Gasteiger partial charge in [-0.15, -0.1) is 0 Å². The van der Waals surface area contributed by atoms with Crippen LogP contribution in [0.3, 0.4) is 0 Å². The molecule has 1 aliphatic heterocycles. The van der Waals surface area contributed by atoms with Gasteiger partial charge in [-0.25, -0.2) is 4.39 Å². The van der Waals surface area contributed by atoms with E-state index in [1.807, 2.05) is 0 Å². The molecule has 1 aromatic heterocycles. The van der Waals surface area contributed by atoms with E-state index in [4.69, 9.17) is 9.26 Å². The minimum absolute atomic E-state index is 0.188. The van der Waals surface area contributed by atoms with E-state index in [9.17, 15) is 4.39 Å². The largest absolute Gasteiger partial charge is 0.367 e. The van der Waals surface area contributed by atoms with Gasteiger partial charge >= 0.3 is 0 Å². The van der Waals surface area contributed by atoms with Gasteiger partial charge in [0.2, 0.25) is 11.7 Å². The van der Waals surface area contributed by atoms with Gasteiger partial charge in [-0.2, -0.15) is 4.98 Å². The standard InChI is InChI=1S/C13H14FN3O2/c14-10-4-2-1-3-9(10)7-12-16-13(17-19-12)11-8-15-5-6-18-11/h1-4,11,15H,5-8H2. The van der Waals surface area contributed by atoms with Crippen molar-refractivity contribution in [1.29, 1.82) is 0 Å². The molecule has 2 aromatic rings. The van der Waals surface area contributed by atoms with Crippen LogP contribution in [0.15, 0.2) is 28.8 Å². The molecule has 1 saturated heterocycles. The lowest BCUT2D eigenvalue weighted by Crippen LogP contribution is -2.33. The highest BCUT2D eigenvalue weighted by Gasteiger charge is 2.21. The summed E-state index contributed by atoms with van der Waals surface area (Å²) in [5.41, 5.74) is 0.542. The monoisotopic (exact) mass is 263 g/mol. The Balaban J connectivity index is 1.73. The van der Waals surface area contributed by atoms with Crippen LogP contribution in [0, 0.1) is 5.82 Å². The molecule has 0 amide bonds. The molecule has 100 valence electrons. The molecule has 1 fully saturated rings. The number of nitrogens with one attached hydrogen (secondary N) is 1. The summed E-state index contributed by atoms with van der Waals surface area (Å²) >= 11 is 0. The maximum absolute atomic E-state index is 13.5. The molecule has 2 heterocycles. The van der Waals surface area contributed by atoms with Gasteiger partial charge in [0.15, 0.2) is 0 Å². The number of benzene rings is 1. The van der Waals surface area contributed by atoms with Crippen LogP contribution in [0.25, 0.3) is 0 Å². The van der Waals surface area contributed by atoms with Crippen molar-refractivity contribution in [3.8, 4) is 0 Å². The summed E-state index contributed by atoms with van der Waals surface area (Å²) < 4.78 is 24.2. The van der Waals surface area contributed by atoms with Gasteiger partial charge in [0.25, 0.3) is 0 Å². The van der Waals surface area contributed by atoms with Crippen LogP contribution < -0.4 is 5.32 Å². The molecule has 0 spiro atoms. The summed E-state index contributed by atoms with van der Waals surface area (Å²) in [5.74, 6) is 0.644. The van der Waals surface area contributed by atoms with Crippen LogP contribution in [0.1, 0.15) is 23.4 Å². The van der Waals surface area contributed by atoms with Gasteiger partial charge in [0.05, 0.1) is 13.0 Å². The fourth-order valence-corrected chi connectivity index (χ4v) is 2.01. The second-order valence-corrected chi connectivity index (χ2v) is 4.38. The average molecular weight is 263 g/mol. The van der Waals surface area contributed by atoms with Gasteiger partial charge in [-0.05, 0) is 11.6 Å². The highest BCUT2D eigenvalue weighted by atomic mass is 19.1. The van der Waals surface area contributed by atoms with Crippen molar-refractivity contribution in [3.05, 3.63) is 47.4 Å². The average Bonchev–Trinajstić information content (AvgIpc) is 2.91. The normalized spacial score (nSPS) is 19.5. The van der Waals surface area contributed by atoms with E-state index in [1.54, 1.807) is 18.2 Å². The maximum atomic E-state index is 13.5. The topological polar surface area (TPSA) is 60.2 Å². The molecule has 3 rings (SSSR count).